The van der Waals surface area contributed by atoms with Gasteiger partial charge in [0, 0.05) is 31.3 Å². The largest absolute Gasteiger partial charge is 0.357 e. The molecule has 0 bridgehead atoms. The zero-order valence-electron chi connectivity index (χ0n) is 10.3. The number of aromatic nitrogens is 3. The standard InChI is InChI=1S/C11H13N5O2/c1-7-8(5-4-6-9(7)16(17)18)10-13-14-11(12-2)15(10)3/h4-6H,1-3H3,(H,12,14). The molecule has 1 heterocycles. The van der Waals surface area contributed by atoms with Crippen LogP contribution in [-0.4, -0.2) is 26.7 Å². The van der Waals surface area contributed by atoms with Crippen molar-refractivity contribution in [2.75, 3.05) is 12.4 Å². The van der Waals surface area contributed by atoms with Gasteiger partial charge < -0.3 is 5.32 Å². The van der Waals surface area contributed by atoms with Gasteiger partial charge in [-0.1, -0.05) is 12.1 Å². The molecule has 0 fully saturated rings. The number of nitrogens with zero attached hydrogens (tertiary/aromatic N) is 4. The van der Waals surface area contributed by atoms with Gasteiger partial charge in [-0.15, -0.1) is 10.2 Å². The summed E-state index contributed by atoms with van der Waals surface area (Å²) in [6.07, 6.45) is 0. The third-order valence-corrected chi connectivity index (χ3v) is 2.84. The number of anilines is 1. The van der Waals surface area contributed by atoms with E-state index in [2.05, 4.69) is 15.5 Å². The summed E-state index contributed by atoms with van der Waals surface area (Å²) in [5, 5.41) is 21.8. The molecule has 7 nitrogen and oxygen atoms in total. The molecule has 0 aliphatic heterocycles. The van der Waals surface area contributed by atoms with Gasteiger partial charge >= 0.3 is 0 Å². The smallest absolute Gasteiger partial charge is 0.273 e. The minimum absolute atomic E-state index is 0.0847. The van der Waals surface area contributed by atoms with E-state index in [1.165, 1.54) is 6.07 Å². The van der Waals surface area contributed by atoms with Gasteiger partial charge in [-0.25, -0.2) is 0 Å². The van der Waals surface area contributed by atoms with Crippen molar-refractivity contribution in [3.63, 3.8) is 0 Å². The van der Waals surface area contributed by atoms with Crippen LogP contribution in [0.15, 0.2) is 18.2 Å². The van der Waals surface area contributed by atoms with Gasteiger partial charge in [0.2, 0.25) is 5.95 Å². The molecule has 1 aromatic heterocycles. The van der Waals surface area contributed by atoms with E-state index < -0.39 is 4.92 Å². The predicted molar refractivity (Wildman–Crippen MR) is 67.4 cm³/mol. The molecule has 0 aliphatic carbocycles. The summed E-state index contributed by atoms with van der Waals surface area (Å²) in [4.78, 5) is 10.5. The Morgan fingerprint density at radius 3 is 2.67 bits per heavy atom. The summed E-state index contributed by atoms with van der Waals surface area (Å²) in [6.45, 7) is 1.71. The number of rotatable bonds is 3. The van der Waals surface area contributed by atoms with Gasteiger partial charge in [0.15, 0.2) is 5.82 Å². The zero-order chi connectivity index (χ0) is 13.3. The fourth-order valence-corrected chi connectivity index (χ4v) is 1.84. The van der Waals surface area contributed by atoms with Crippen molar-refractivity contribution in [2.45, 2.75) is 6.92 Å². The van der Waals surface area contributed by atoms with Crippen molar-refractivity contribution in [2.24, 2.45) is 7.05 Å². The first kappa shape index (κ1) is 12.0. The average Bonchev–Trinajstić information content (AvgIpc) is 2.70. The molecular weight excluding hydrogens is 234 g/mol. The van der Waals surface area contributed by atoms with Crippen LogP contribution >= 0.6 is 0 Å². The van der Waals surface area contributed by atoms with Crippen molar-refractivity contribution in [1.82, 2.24) is 14.8 Å². The van der Waals surface area contributed by atoms with Crippen LogP contribution in [0.1, 0.15) is 5.56 Å². The summed E-state index contributed by atoms with van der Waals surface area (Å²) >= 11 is 0. The Balaban J connectivity index is 2.61. The Morgan fingerprint density at radius 2 is 2.11 bits per heavy atom. The van der Waals surface area contributed by atoms with Crippen LogP contribution in [0.25, 0.3) is 11.4 Å². The lowest BCUT2D eigenvalue weighted by Gasteiger charge is -2.06. The Morgan fingerprint density at radius 1 is 1.39 bits per heavy atom. The third kappa shape index (κ3) is 1.79. The molecule has 0 spiro atoms. The highest BCUT2D eigenvalue weighted by molar-refractivity contribution is 5.66. The van der Waals surface area contributed by atoms with Crippen LogP contribution in [0.3, 0.4) is 0 Å². The summed E-state index contributed by atoms with van der Waals surface area (Å²) in [6, 6.07) is 4.92. The van der Waals surface area contributed by atoms with E-state index in [-0.39, 0.29) is 5.69 Å². The van der Waals surface area contributed by atoms with Crippen molar-refractivity contribution >= 4 is 11.6 Å². The van der Waals surface area contributed by atoms with Crippen LogP contribution in [0.2, 0.25) is 0 Å². The maximum Gasteiger partial charge on any atom is 0.273 e. The number of nitro benzene ring substituents is 1. The van der Waals surface area contributed by atoms with Gasteiger partial charge in [0.05, 0.1) is 4.92 Å². The third-order valence-electron chi connectivity index (χ3n) is 2.84. The number of hydrogen-bond acceptors (Lipinski definition) is 5. The highest BCUT2D eigenvalue weighted by Crippen LogP contribution is 2.29. The first-order valence-corrected chi connectivity index (χ1v) is 5.37. The Hall–Kier alpha value is -2.44. The molecule has 0 atom stereocenters. The van der Waals surface area contributed by atoms with Crippen LogP contribution in [0, 0.1) is 17.0 Å². The molecule has 94 valence electrons. The van der Waals surface area contributed by atoms with Gasteiger partial charge in [-0.3, -0.25) is 14.7 Å². The van der Waals surface area contributed by atoms with Crippen molar-refractivity contribution < 1.29 is 4.92 Å². The van der Waals surface area contributed by atoms with Gasteiger partial charge in [0.1, 0.15) is 0 Å². The van der Waals surface area contributed by atoms with E-state index in [4.69, 9.17) is 0 Å². The van der Waals surface area contributed by atoms with Gasteiger partial charge in [0.25, 0.3) is 5.69 Å². The molecule has 18 heavy (non-hydrogen) atoms. The molecule has 1 N–H and O–H groups in total. The van der Waals surface area contributed by atoms with Crippen molar-refractivity contribution in [3.05, 3.63) is 33.9 Å². The second-order valence-corrected chi connectivity index (χ2v) is 3.86. The molecule has 0 unspecified atom stereocenters. The molecule has 0 saturated carbocycles. The summed E-state index contributed by atoms with van der Waals surface area (Å²) < 4.78 is 1.76. The average molecular weight is 247 g/mol. The lowest BCUT2D eigenvalue weighted by atomic mass is 10.1. The lowest BCUT2D eigenvalue weighted by Crippen LogP contribution is -2.01. The van der Waals surface area contributed by atoms with Crippen LogP contribution in [-0.2, 0) is 7.05 Å². The quantitative estimate of drug-likeness (QED) is 0.659. The van der Waals surface area contributed by atoms with Crippen LogP contribution < -0.4 is 5.32 Å². The summed E-state index contributed by atoms with van der Waals surface area (Å²) in [7, 11) is 3.55. The van der Waals surface area contributed by atoms with Crippen molar-refractivity contribution in [1.29, 1.82) is 0 Å². The Kier molecular flexibility index (Phi) is 2.97. The van der Waals surface area contributed by atoms with E-state index in [9.17, 15) is 10.1 Å². The lowest BCUT2D eigenvalue weighted by molar-refractivity contribution is -0.385. The maximum atomic E-state index is 10.9. The first-order chi connectivity index (χ1) is 8.56. The van der Waals surface area contributed by atoms with Crippen molar-refractivity contribution in [3.8, 4) is 11.4 Å². The minimum Gasteiger partial charge on any atom is -0.357 e. The Bertz CT molecular complexity index is 605. The monoisotopic (exact) mass is 247 g/mol. The van der Waals surface area contributed by atoms with E-state index in [0.29, 0.717) is 22.9 Å². The fraction of sp³-hybridized carbons (Fsp3) is 0.273. The number of nitro groups is 1. The molecular formula is C11H13N5O2. The molecule has 0 saturated heterocycles. The molecule has 0 amide bonds. The SMILES string of the molecule is CNc1nnc(-c2cccc([N+](=O)[O-])c2C)n1C. The molecule has 2 rings (SSSR count). The molecule has 0 aliphatic rings. The minimum atomic E-state index is -0.395. The first-order valence-electron chi connectivity index (χ1n) is 5.37. The topological polar surface area (TPSA) is 85.9 Å². The predicted octanol–water partition coefficient (Wildman–Crippen LogP) is 1.74. The van der Waals surface area contributed by atoms with Crippen LogP contribution in [0.5, 0.6) is 0 Å². The second kappa shape index (κ2) is 4.44. The molecule has 7 heteroatoms. The number of nitrogens with one attached hydrogen (secondary N) is 1. The van der Waals surface area contributed by atoms with E-state index in [1.807, 2.05) is 0 Å². The molecule has 1 aromatic carbocycles. The normalized spacial score (nSPS) is 10.4. The fourth-order valence-electron chi connectivity index (χ4n) is 1.84. The van der Waals surface area contributed by atoms with Gasteiger partial charge in [-0.05, 0) is 6.92 Å². The van der Waals surface area contributed by atoms with E-state index >= 15 is 0 Å². The summed E-state index contributed by atoms with van der Waals surface area (Å²) in [5.41, 5.74) is 1.38. The molecule has 2 aromatic rings. The maximum absolute atomic E-state index is 10.9. The number of hydrogen-bond donors (Lipinski definition) is 1. The highest BCUT2D eigenvalue weighted by atomic mass is 16.6. The Labute approximate surface area is 104 Å². The summed E-state index contributed by atoms with van der Waals surface area (Å²) in [5.74, 6) is 1.21. The zero-order valence-corrected chi connectivity index (χ0v) is 10.3. The molecule has 0 radical (unpaired) electrons. The van der Waals surface area contributed by atoms with Gasteiger partial charge in [-0.2, -0.15) is 0 Å². The van der Waals surface area contributed by atoms with E-state index in [0.717, 1.165) is 0 Å². The van der Waals surface area contributed by atoms with E-state index in [1.54, 1.807) is 37.7 Å². The van der Waals surface area contributed by atoms with Crippen LogP contribution in [0.4, 0.5) is 11.6 Å². The number of benzene rings is 1. The highest BCUT2D eigenvalue weighted by Gasteiger charge is 2.18. The second-order valence-electron chi connectivity index (χ2n) is 3.86.